The lowest BCUT2D eigenvalue weighted by Crippen LogP contribution is -2.43. The summed E-state index contributed by atoms with van der Waals surface area (Å²) in [6.07, 6.45) is 0. The third kappa shape index (κ3) is 5.21. The third-order valence-corrected chi connectivity index (χ3v) is 25.3. The van der Waals surface area contributed by atoms with Crippen molar-refractivity contribution in [1.82, 2.24) is 9.13 Å². The van der Waals surface area contributed by atoms with Crippen LogP contribution in [0.5, 0.6) is 0 Å². The van der Waals surface area contributed by atoms with E-state index < -0.39 is 16.1 Å². The van der Waals surface area contributed by atoms with Crippen molar-refractivity contribution < 1.29 is 0 Å². The van der Waals surface area contributed by atoms with E-state index in [0.29, 0.717) is 33.2 Å². The van der Waals surface area contributed by atoms with E-state index >= 15 is 0 Å². The van der Waals surface area contributed by atoms with Crippen LogP contribution in [0, 0.1) is 22.9 Å². The Bertz CT molecular complexity index is 2180. The van der Waals surface area contributed by atoms with Crippen LogP contribution in [0.2, 0.25) is 33.2 Å². The second-order valence-electron chi connectivity index (χ2n) is 16.8. The minimum atomic E-state index is -2.01. The van der Waals surface area contributed by atoms with Crippen LogP contribution in [-0.4, -0.2) is 25.3 Å². The Balaban J connectivity index is 1.92. The van der Waals surface area contributed by atoms with Gasteiger partial charge in [-0.2, -0.15) is 0 Å². The average molecular weight is 695 g/mol. The second-order valence-corrected chi connectivity index (χ2v) is 28.0. The van der Waals surface area contributed by atoms with Crippen molar-refractivity contribution in [2.24, 2.45) is 14.1 Å². The number of rotatable bonds is 6. The van der Waals surface area contributed by atoms with Gasteiger partial charge in [-0.3, -0.25) is 0 Å². The molecule has 0 fully saturated rings. The zero-order valence-corrected chi connectivity index (χ0v) is 35.1. The minimum Gasteiger partial charge on any atom is -0.343 e. The number of hydrogen-bond acceptors (Lipinski definition) is 0. The summed E-state index contributed by atoms with van der Waals surface area (Å²) in [6, 6.07) is 22.6. The smallest absolute Gasteiger partial charge is 0.146 e. The number of para-hydroxylation sites is 2. The van der Waals surface area contributed by atoms with Crippen LogP contribution in [0.25, 0.3) is 54.4 Å². The van der Waals surface area contributed by atoms with Crippen molar-refractivity contribution in [3.8, 4) is 22.9 Å². The molecule has 0 unspecified atom stereocenters. The molecule has 50 heavy (non-hydrogen) atoms. The molecule has 0 N–H and O–H groups in total. The number of fused-ring (bicyclic) bond motifs is 9. The van der Waals surface area contributed by atoms with E-state index in [2.05, 4.69) is 190 Å². The van der Waals surface area contributed by atoms with Gasteiger partial charge in [0.15, 0.2) is 0 Å². The summed E-state index contributed by atoms with van der Waals surface area (Å²) in [7, 11) is 0.449. The van der Waals surface area contributed by atoms with Gasteiger partial charge < -0.3 is 9.13 Å². The number of hydrogen-bond donors (Lipinski definition) is 0. The highest BCUT2D eigenvalue weighted by atomic mass is 28.3. The van der Waals surface area contributed by atoms with Gasteiger partial charge >= 0.3 is 0 Å². The molecule has 260 valence electrons. The normalized spacial score (nSPS) is 13.0. The SMILES string of the molecule is CC(C)[Si](C#Cc1cc2c3ccccc3n(C)c2c2c(C#C[Si](C(C)C)(C(C)C)C(C)C)cc3c4ccccc4n(C)c3c12)(C(C)C)C(C)C. The maximum atomic E-state index is 4.14. The lowest BCUT2D eigenvalue weighted by Gasteiger charge is -2.38. The van der Waals surface area contributed by atoms with Gasteiger partial charge in [0, 0.05) is 68.6 Å². The summed E-state index contributed by atoms with van der Waals surface area (Å²) in [6.45, 7) is 29.0. The van der Waals surface area contributed by atoms with E-state index in [1.165, 1.54) is 54.4 Å². The number of aromatic nitrogens is 2. The molecule has 6 rings (SSSR count). The molecule has 2 nitrogen and oxygen atoms in total. The Hall–Kier alpha value is -3.71. The Morgan fingerprint density at radius 3 is 1.04 bits per heavy atom. The van der Waals surface area contributed by atoms with Gasteiger partial charge in [-0.1, -0.05) is 131 Å². The van der Waals surface area contributed by atoms with Crippen LogP contribution in [0.15, 0.2) is 60.7 Å². The molecule has 0 radical (unpaired) electrons. The summed E-state index contributed by atoms with van der Waals surface area (Å²) in [5.74, 6) is 8.01. The molecule has 0 spiro atoms. The number of benzene rings is 4. The first-order chi connectivity index (χ1) is 23.6. The maximum Gasteiger partial charge on any atom is 0.146 e. The van der Waals surface area contributed by atoms with Gasteiger partial charge in [-0.25, -0.2) is 0 Å². The van der Waals surface area contributed by atoms with E-state index in [0.717, 1.165) is 11.1 Å². The zero-order valence-electron chi connectivity index (χ0n) is 33.1. The molecule has 2 heterocycles. The first-order valence-electron chi connectivity index (χ1n) is 19.0. The van der Waals surface area contributed by atoms with E-state index in [-0.39, 0.29) is 0 Å². The summed E-state index contributed by atoms with van der Waals surface area (Å²) in [4.78, 5) is 0. The molecule has 2 aromatic heterocycles. The highest BCUT2D eigenvalue weighted by Crippen LogP contribution is 2.45. The fraction of sp³-hybridized carbons (Fsp3) is 0.435. The van der Waals surface area contributed by atoms with Gasteiger partial charge in [-0.15, -0.1) is 11.1 Å². The predicted octanol–water partition coefficient (Wildman–Crippen LogP) is 13.3. The minimum absolute atomic E-state index is 0.558. The first-order valence-corrected chi connectivity index (χ1v) is 23.5. The summed E-state index contributed by atoms with van der Waals surface area (Å²) >= 11 is 0. The molecule has 0 aliphatic heterocycles. The van der Waals surface area contributed by atoms with Crippen LogP contribution >= 0.6 is 0 Å². The average Bonchev–Trinajstić information content (AvgIpc) is 3.50. The standard InChI is InChI=1S/C46H58N2Si2/c1-29(2)49(30(3)4,31(5)6)25-23-35-27-39-37-19-15-17-21-41(37)48(14)46(39)44-36(24-26-50(32(7)8,33(9)10)34(11)12)28-40-38-20-16-18-22-42(38)47(13)45(40)43(35)44/h15-22,27-34H,1-14H3. The van der Waals surface area contributed by atoms with E-state index in [9.17, 15) is 0 Å². The molecule has 0 amide bonds. The van der Waals surface area contributed by atoms with Gasteiger partial charge in [-0.05, 0) is 57.5 Å². The quantitative estimate of drug-likeness (QED) is 0.121. The predicted molar refractivity (Wildman–Crippen MR) is 228 cm³/mol. The third-order valence-electron chi connectivity index (χ3n) is 12.7. The molecule has 4 heteroatoms. The Morgan fingerprint density at radius 2 is 0.740 bits per heavy atom. The molecule has 0 atom stereocenters. The topological polar surface area (TPSA) is 9.86 Å². The highest BCUT2D eigenvalue weighted by molar-refractivity contribution is 6.91. The van der Waals surface area contributed by atoms with E-state index in [4.69, 9.17) is 0 Å². The van der Waals surface area contributed by atoms with Crippen molar-refractivity contribution in [3.05, 3.63) is 71.8 Å². The highest BCUT2D eigenvalue weighted by Gasteiger charge is 2.43. The molecule has 0 aliphatic carbocycles. The van der Waals surface area contributed by atoms with Crippen molar-refractivity contribution in [2.45, 2.75) is 116 Å². The summed E-state index contributed by atoms with van der Waals surface area (Å²) < 4.78 is 4.83. The van der Waals surface area contributed by atoms with Crippen molar-refractivity contribution >= 4 is 70.5 Å². The molecule has 0 saturated heterocycles. The Labute approximate surface area is 303 Å². The van der Waals surface area contributed by atoms with Gasteiger partial charge in [0.05, 0.1) is 11.0 Å². The van der Waals surface area contributed by atoms with Gasteiger partial charge in [0.25, 0.3) is 0 Å². The van der Waals surface area contributed by atoms with Crippen LogP contribution in [0.1, 0.15) is 94.2 Å². The van der Waals surface area contributed by atoms with E-state index in [1.807, 2.05) is 0 Å². The van der Waals surface area contributed by atoms with Crippen LogP contribution in [-0.2, 0) is 14.1 Å². The lowest BCUT2D eigenvalue weighted by atomic mass is 9.94. The van der Waals surface area contributed by atoms with Crippen LogP contribution in [0.3, 0.4) is 0 Å². The molecule has 0 saturated carbocycles. The number of aryl methyl sites for hydroxylation is 2. The molecule has 4 aromatic carbocycles. The van der Waals surface area contributed by atoms with Crippen LogP contribution < -0.4 is 0 Å². The van der Waals surface area contributed by atoms with Crippen molar-refractivity contribution in [2.75, 3.05) is 0 Å². The Morgan fingerprint density at radius 1 is 0.440 bits per heavy atom. The largest absolute Gasteiger partial charge is 0.343 e. The zero-order chi connectivity index (χ0) is 36.4. The molecular formula is C46H58N2Si2. The number of nitrogens with zero attached hydrogens (tertiary/aromatic N) is 2. The van der Waals surface area contributed by atoms with Crippen LogP contribution in [0.4, 0.5) is 0 Å². The monoisotopic (exact) mass is 694 g/mol. The fourth-order valence-electron chi connectivity index (χ4n) is 10.4. The lowest BCUT2D eigenvalue weighted by molar-refractivity contribution is 0.838. The second kappa shape index (κ2) is 13.1. The molecule has 0 aliphatic rings. The fourth-order valence-corrected chi connectivity index (χ4v) is 20.8. The first kappa shape index (κ1) is 36.1. The summed E-state index contributed by atoms with van der Waals surface area (Å²) in [5, 5.41) is 7.60. The van der Waals surface area contributed by atoms with Gasteiger partial charge in [0.2, 0.25) is 0 Å². The van der Waals surface area contributed by atoms with E-state index in [1.54, 1.807) is 0 Å². The molecule has 6 aromatic rings. The van der Waals surface area contributed by atoms with Crippen molar-refractivity contribution in [3.63, 3.8) is 0 Å². The van der Waals surface area contributed by atoms with Crippen molar-refractivity contribution in [1.29, 1.82) is 0 Å². The summed E-state index contributed by atoms with van der Waals surface area (Å²) in [5.41, 5.74) is 18.9. The molecule has 0 bridgehead atoms. The van der Waals surface area contributed by atoms with Gasteiger partial charge in [0.1, 0.15) is 16.1 Å². The maximum absolute atomic E-state index is 4.14. The Kier molecular flexibility index (Phi) is 9.47. The molecular weight excluding hydrogens is 637 g/mol.